The Hall–Kier alpha value is -3.35. The highest BCUT2D eigenvalue weighted by atomic mass is 19.1. The number of urea groups is 1. The van der Waals surface area contributed by atoms with Crippen molar-refractivity contribution in [2.45, 2.75) is 26.3 Å². The van der Waals surface area contributed by atoms with E-state index in [0.717, 1.165) is 22.6 Å². The zero-order chi connectivity index (χ0) is 20.1. The molecule has 2 amide bonds. The van der Waals surface area contributed by atoms with E-state index in [1.807, 2.05) is 38.1 Å². The fourth-order valence-electron chi connectivity index (χ4n) is 2.99. The van der Waals surface area contributed by atoms with E-state index >= 15 is 0 Å². The van der Waals surface area contributed by atoms with E-state index in [9.17, 15) is 9.18 Å². The molecule has 28 heavy (non-hydrogen) atoms. The Balaban J connectivity index is 1.80. The van der Waals surface area contributed by atoms with E-state index in [4.69, 9.17) is 4.74 Å². The largest absolute Gasteiger partial charge is 0.497 e. The number of ether oxygens (including phenoxy) is 1. The molecule has 2 aromatic carbocycles. The molecule has 0 aliphatic carbocycles. The number of carbonyl (C=O) groups excluding carboxylic acids is 1. The van der Waals surface area contributed by atoms with Gasteiger partial charge in [-0.2, -0.15) is 5.10 Å². The van der Waals surface area contributed by atoms with Gasteiger partial charge < -0.3 is 15.4 Å². The molecule has 0 fully saturated rings. The standard InChI is InChI=1S/C21H23FN4O2/c1-13-20(14(2)26-25-13)24-21(27)23-19(12-15-4-8-17(22)9-5-15)16-6-10-18(28-3)11-7-16/h4-11,19H,12H2,1-3H3,(H,25,26)(H2,23,24,27). The summed E-state index contributed by atoms with van der Waals surface area (Å²) in [7, 11) is 1.60. The molecule has 146 valence electrons. The maximum Gasteiger partial charge on any atom is 0.319 e. The van der Waals surface area contributed by atoms with Crippen LogP contribution in [0.3, 0.4) is 0 Å². The van der Waals surface area contributed by atoms with Crippen LogP contribution in [0.1, 0.15) is 28.6 Å². The first kappa shape index (κ1) is 19.4. The molecule has 6 nitrogen and oxygen atoms in total. The van der Waals surface area contributed by atoms with Gasteiger partial charge in [0.2, 0.25) is 0 Å². The number of hydrogen-bond acceptors (Lipinski definition) is 3. The highest BCUT2D eigenvalue weighted by molar-refractivity contribution is 5.90. The molecule has 1 atom stereocenters. The normalized spacial score (nSPS) is 11.7. The lowest BCUT2D eigenvalue weighted by atomic mass is 9.99. The summed E-state index contributed by atoms with van der Waals surface area (Å²) in [4.78, 5) is 12.6. The Labute approximate surface area is 163 Å². The van der Waals surface area contributed by atoms with E-state index in [1.165, 1.54) is 12.1 Å². The van der Waals surface area contributed by atoms with Gasteiger partial charge in [-0.1, -0.05) is 24.3 Å². The number of nitrogens with zero attached hydrogens (tertiary/aromatic N) is 1. The third-order valence-electron chi connectivity index (χ3n) is 4.54. The van der Waals surface area contributed by atoms with Crippen molar-refractivity contribution in [3.05, 3.63) is 76.9 Å². The number of anilines is 1. The summed E-state index contributed by atoms with van der Waals surface area (Å²) in [6.45, 7) is 3.66. The summed E-state index contributed by atoms with van der Waals surface area (Å²) in [5, 5.41) is 12.8. The second kappa shape index (κ2) is 8.56. The molecule has 0 radical (unpaired) electrons. The van der Waals surface area contributed by atoms with Crippen molar-refractivity contribution >= 4 is 11.7 Å². The van der Waals surface area contributed by atoms with Gasteiger partial charge in [-0.25, -0.2) is 9.18 Å². The van der Waals surface area contributed by atoms with Gasteiger partial charge in [0, 0.05) is 0 Å². The molecule has 0 aliphatic heterocycles. The van der Waals surface area contributed by atoms with Gasteiger partial charge in [0.15, 0.2) is 0 Å². The zero-order valence-electron chi connectivity index (χ0n) is 16.0. The van der Waals surface area contributed by atoms with Crippen LogP contribution in [0.4, 0.5) is 14.9 Å². The number of halogens is 1. The SMILES string of the molecule is COc1ccc(C(Cc2ccc(F)cc2)NC(=O)Nc2c(C)n[nH]c2C)cc1. The van der Waals surface area contributed by atoms with E-state index in [-0.39, 0.29) is 17.9 Å². The number of rotatable bonds is 6. The highest BCUT2D eigenvalue weighted by Gasteiger charge is 2.17. The van der Waals surface area contributed by atoms with Gasteiger partial charge in [-0.15, -0.1) is 0 Å². The second-order valence-corrected chi connectivity index (χ2v) is 6.56. The van der Waals surface area contributed by atoms with Crippen LogP contribution in [0.15, 0.2) is 48.5 Å². The maximum absolute atomic E-state index is 13.2. The fourth-order valence-corrected chi connectivity index (χ4v) is 2.99. The molecule has 1 aromatic heterocycles. The van der Waals surface area contributed by atoms with Crippen molar-refractivity contribution in [2.24, 2.45) is 0 Å². The van der Waals surface area contributed by atoms with Crippen LogP contribution in [0.5, 0.6) is 5.75 Å². The van der Waals surface area contributed by atoms with Gasteiger partial charge in [0.1, 0.15) is 11.6 Å². The van der Waals surface area contributed by atoms with Crippen LogP contribution in [-0.4, -0.2) is 23.3 Å². The van der Waals surface area contributed by atoms with E-state index in [1.54, 1.807) is 19.2 Å². The van der Waals surface area contributed by atoms with Gasteiger partial charge in [0.25, 0.3) is 0 Å². The summed E-state index contributed by atoms with van der Waals surface area (Å²) in [5.41, 5.74) is 3.99. The van der Waals surface area contributed by atoms with Crippen molar-refractivity contribution in [1.29, 1.82) is 0 Å². The Morgan fingerprint density at radius 1 is 1.14 bits per heavy atom. The number of aryl methyl sites for hydroxylation is 2. The summed E-state index contributed by atoms with van der Waals surface area (Å²) < 4.78 is 18.4. The molecular formula is C21H23FN4O2. The number of benzene rings is 2. The molecule has 0 saturated carbocycles. The molecule has 1 heterocycles. The zero-order valence-corrected chi connectivity index (χ0v) is 16.0. The summed E-state index contributed by atoms with van der Waals surface area (Å²) in [6, 6.07) is 13.1. The Morgan fingerprint density at radius 2 is 1.82 bits per heavy atom. The molecule has 3 rings (SSSR count). The van der Waals surface area contributed by atoms with Crippen LogP contribution in [-0.2, 0) is 6.42 Å². The number of carbonyl (C=O) groups is 1. The van der Waals surface area contributed by atoms with Crippen LogP contribution >= 0.6 is 0 Å². The number of amides is 2. The van der Waals surface area contributed by atoms with E-state index in [0.29, 0.717) is 17.8 Å². The number of methoxy groups -OCH3 is 1. The second-order valence-electron chi connectivity index (χ2n) is 6.56. The third-order valence-corrected chi connectivity index (χ3v) is 4.54. The first-order chi connectivity index (χ1) is 13.5. The lowest BCUT2D eigenvalue weighted by molar-refractivity contribution is 0.248. The molecule has 0 aliphatic rings. The Kier molecular flexibility index (Phi) is 5.93. The van der Waals surface area contributed by atoms with Crippen LogP contribution < -0.4 is 15.4 Å². The average Bonchev–Trinajstić information content (AvgIpc) is 3.01. The van der Waals surface area contributed by atoms with Gasteiger partial charge in [-0.05, 0) is 55.7 Å². The van der Waals surface area contributed by atoms with Gasteiger partial charge in [0.05, 0.1) is 30.2 Å². The summed E-state index contributed by atoms with van der Waals surface area (Å²) in [6.07, 6.45) is 0.517. The molecule has 0 spiro atoms. The number of aromatic amines is 1. The highest BCUT2D eigenvalue weighted by Crippen LogP contribution is 2.23. The third kappa shape index (κ3) is 4.68. The quantitative estimate of drug-likeness (QED) is 0.595. The lowest BCUT2D eigenvalue weighted by Crippen LogP contribution is -2.34. The van der Waals surface area contributed by atoms with Gasteiger partial charge in [-0.3, -0.25) is 5.10 Å². The van der Waals surface area contributed by atoms with Crippen molar-refractivity contribution in [3.63, 3.8) is 0 Å². The minimum atomic E-state index is -0.337. The number of nitrogens with one attached hydrogen (secondary N) is 3. The minimum absolute atomic E-state index is 0.290. The molecule has 1 unspecified atom stereocenters. The topological polar surface area (TPSA) is 79.0 Å². The first-order valence-corrected chi connectivity index (χ1v) is 8.93. The van der Waals surface area contributed by atoms with Crippen molar-refractivity contribution in [1.82, 2.24) is 15.5 Å². The predicted octanol–water partition coefficient (Wildman–Crippen LogP) is 4.28. The molecule has 0 bridgehead atoms. The Morgan fingerprint density at radius 3 is 2.39 bits per heavy atom. The van der Waals surface area contributed by atoms with Gasteiger partial charge >= 0.3 is 6.03 Å². The summed E-state index contributed by atoms with van der Waals surface area (Å²) >= 11 is 0. The fraction of sp³-hybridized carbons (Fsp3) is 0.238. The minimum Gasteiger partial charge on any atom is -0.497 e. The van der Waals surface area contributed by atoms with E-state index in [2.05, 4.69) is 20.8 Å². The molecule has 0 saturated heterocycles. The molecule has 3 N–H and O–H groups in total. The van der Waals surface area contributed by atoms with Crippen LogP contribution in [0.25, 0.3) is 0 Å². The van der Waals surface area contributed by atoms with Crippen molar-refractivity contribution < 1.29 is 13.9 Å². The Bertz CT molecular complexity index is 917. The monoisotopic (exact) mass is 382 g/mol. The predicted molar refractivity (Wildman–Crippen MR) is 106 cm³/mol. The number of aromatic nitrogens is 2. The molecule has 3 aromatic rings. The van der Waals surface area contributed by atoms with Crippen LogP contribution in [0.2, 0.25) is 0 Å². The molecule has 7 heteroatoms. The first-order valence-electron chi connectivity index (χ1n) is 8.93. The molecular weight excluding hydrogens is 359 g/mol. The van der Waals surface area contributed by atoms with E-state index < -0.39 is 0 Å². The number of hydrogen-bond donors (Lipinski definition) is 3. The average molecular weight is 382 g/mol. The smallest absolute Gasteiger partial charge is 0.319 e. The van der Waals surface area contributed by atoms with Crippen molar-refractivity contribution in [2.75, 3.05) is 12.4 Å². The number of H-pyrrole nitrogens is 1. The summed E-state index contributed by atoms with van der Waals surface area (Å²) in [5.74, 6) is 0.444. The maximum atomic E-state index is 13.2. The lowest BCUT2D eigenvalue weighted by Gasteiger charge is -2.20. The van der Waals surface area contributed by atoms with Crippen molar-refractivity contribution in [3.8, 4) is 5.75 Å². The van der Waals surface area contributed by atoms with Crippen LogP contribution in [0, 0.1) is 19.7 Å².